The highest BCUT2D eigenvalue weighted by molar-refractivity contribution is 5.79. The fourth-order valence-electron chi connectivity index (χ4n) is 6.19. The number of aliphatic hydroxyl groups excluding tert-OH is 1. The van der Waals surface area contributed by atoms with Crippen LogP contribution in [0, 0.1) is 5.92 Å². The number of fused-ring (bicyclic) bond motifs is 1. The fraction of sp³-hybridized carbons (Fsp3) is 0.690. The summed E-state index contributed by atoms with van der Waals surface area (Å²) in [4.78, 5) is 44.4. The second-order valence-corrected chi connectivity index (χ2v) is 10.9. The van der Waals surface area contributed by atoms with E-state index in [0.717, 1.165) is 37.7 Å². The highest BCUT2D eigenvalue weighted by atomic mass is 16.7. The van der Waals surface area contributed by atoms with Gasteiger partial charge >= 0.3 is 5.97 Å². The van der Waals surface area contributed by atoms with Crippen LogP contribution in [-0.4, -0.2) is 94.8 Å². The van der Waals surface area contributed by atoms with Crippen molar-refractivity contribution in [3.63, 3.8) is 0 Å². The predicted octanol–water partition coefficient (Wildman–Crippen LogP) is 2.82. The number of carbonyl (C=O) groups excluding carboxylic acids is 2. The van der Waals surface area contributed by atoms with Crippen LogP contribution in [0.1, 0.15) is 75.8 Å². The molecule has 216 valence electrons. The lowest BCUT2D eigenvalue weighted by atomic mass is 9.83. The molecule has 1 aromatic rings. The fourth-order valence-corrected chi connectivity index (χ4v) is 6.19. The molecule has 10 nitrogen and oxygen atoms in total. The van der Waals surface area contributed by atoms with Crippen molar-refractivity contribution in [2.75, 3.05) is 46.1 Å². The Morgan fingerprint density at radius 3 is 2.49 bits per heavy atom. The molecule has 3 aliphatic heterocycles. The van der Waals surface area contributed by atoms with Crippen molar-refractivity contribution in [2.45, 2.75) is 77.4 Å². The molecule has 0 bridgehead atoms. The molecule has 0 spiro atoms. The van der Waals surface area contributed by atoms with Crippen molar-refractivity contribution in [1.82, 2.24) is 14.7 Å². The van der Waals surface area contributed by atoms with Crippen molar-refractivity contribution in [1.29, 1.82) is 0 Å². The van der Waals surface area contributed by atoms with Crippen LogP contribution < -0.4 is 9.47 Å². The third-order valence-electron chi connectivity index (χ3n) is 8.32. The Hall–Kier alpha value is -2.85. The first-order chi connectivity index (χ1) is 18.9. The van der Waals surface area contributed by atoms with Crippen LogP contribution in [-0.2, 0) is 21.0 Å². The lowest BCUT2D eigenvalue weighted by Gasteiger charge is -2.30. The lowest BCUT2D eigenvalue weighted by Crippen LogP contribution is -2.45. The van der Waals surface area contributed by atoms with E-state index in [9.17, 15) is 24.6 Å². The molecule has 0 radical (unpaired) electrons. The van der Waals surface area contributed by atoms with Gasteiger partial charge in [-0.3, -0.25) is 19.3 Å². The highest BCUT2D eigenvalue weighted by Gasteiger charge is 2.47. The minimum atomic E-state index is -0.926. The number of aliphatic hydroxyl groups is 1. The van der Waals surface area contributed by atoms with Gasteiger partial charge in [0.1, 0.15) is 0 Å². The third kappa shape index (κ3) is 6.66. The number of ether oxygens (including phenoxy) is 2. The van der Waals surface area contributed by atoms with E-state index >= 15 is 0 Å². The van der Waals surface area contributed by atoms with Crippen molar-refractivity contribution < 1.29 is 34.1 Å². The number of carboxylic acid groups (broad SMARTS) is 1. The maximum atomic E-state index is 13.5. The molecular formula is C29H43N3O7. The minimum Gasteiger partial charge on any atom is -0.481 e. The predicted molar refractivity (Wildman–Crippen MR) is 145 cm³/mol. The smallest absolute Gasteiger partial charge is 0.308 e. The molecule has 2 N–H and O–H groups in total. The number of carbonyl (C=O) groups is 3. The summed E-state index contributed by atoms with van der Waals surface area (Å²) >= 11 is 0. The molecular weight excluding hydrogens is 502 g/mol. The van der Waals surface area contributed by atoms with Gasteiger partial charge in [-0.05, 0) is 43.4 Å². The molecule has 0 aliphatic carbocycles. The summed E-state index contributed by atoms with van der Waals surface area (Å²) in [6.45, 7) is 7.10. The molecule has 2 fully saturated rings. The molecule has 3 atom stereocenters. The van der Waals surface area contributed by atoms with Crippen molar-refractivity contribution in [3.05, 3.63) is 23.3 Å². The Kier molecular flexibility index (Phi) is 10.1. The molecule has 10 heteroatoms. The van der Waals surface area contributed by atoms with E-state index in [4.69, 9.17) is 9.47 Å². The van der Waals surface area contributed by atoms with Crippen LogP contribution in [0.5, 0.6) is 11.5 Å². The SMILES string of the molecule is CCCCN(CCCC)C(=O)CN1C[C@H](c2cc(CO)c3c(c2)OCO3)[C@@H](C(=O)O)[C@@H]1CCN1CCCC1=O. The van der Waals surface area contributed by atoms with E-state index in [2.05, 4.69) is 13.8 Å². The zero-order chi connectivity index (χ0) is 27.9. The third-order valence-corrected chi connectivity index (χ3v) is 8.32. The second kappa shape index (κ2) is 13.5. The Labute approximate surface area is 230 Å². The monoisotopic (exact) mass is 545 g/mol. The van der Waals surface area contributed by atoms with Crippen LogP contribution >= 0.6 is 0 Å². The lowest BCUT2D eigenvalue weighted by molar-refractivity contribution is -0.144. The van der Waals surface area contributed by atoms with Crippen molar-refractivity contribution in [2.24, 2.45) is 5.92 Å². The van der Waals surface area contributed by atoms with Gasteiger partial charge in [-0.2, -0.15) is 0 Å². The molecule has 0 unspecified atom stereocenters. The van der Waals surface area contributed by atoms with E-state index in [1.165, 1.54) is 0 Å². The molecule has 0 aromatic heterocycles. The maximum Gasteiger partial charge on any atom is 0.308 e. The zero-order valence-electron chi connectivity index (χ0n) is 23.3. The highest BCUT2D eigenvalue weighted by Crippen LogP contribution is 2.44. The number of hydrogen-bond acceptors (Lipinski definition) is 7. The van der Waals surface area contributed by atoms with E-state index in [1.807, 2.05) is 20.8 Å². The Morgan fingerprint density at radius 2 is 1.87 bits per heavy atom. The minimum absolute atomic E-state index is 0.0191. The molecule has 2 amide bonds. The van der Waals surface area contributed by atoms with E-state index in [1.54, 1.807) is 6.07 Å². The van der Waals surface area contributed by atoms with Crippen LogP contribution in [0.15, 0.2) is 12.1 Å². The van der Waals surface area contributed by atoms with Gasteiger partial charge in [-0.1, -0.05) is 26.7 Å². The topological polar surface area (TPSA) is 120 Å². The molecule has 0 saturated carbocycles. The first kappa shape index (κ1) is 29.1. The van der Waals surface area contributed by atoms with Crippen molar-refractivity contribution in [3.8, 4) is 11.5 Å². The van der Waals surface area contributed by atoms with Gasteiger partial charge in [0.25, 0.3) is 0 Å². The summed E-state index contributed by atoms with van der Waals surface area (Å²) in [6.07, 6.45) is 5.67. The van der Waals surface area contributed by atoms with Crippen LogP contribution in [0.25, 0.3) is 0 Å². The molecule has 39 heavy (non-hydrogen) atoms. The van der Waals surface area contributed by atoms with E-state index in [0.29, 0.717) is 62.6 Å². The largest absolute Gasteiger partial charge is 0.481 e. The molecule has 1 aromatic carbocycles. The number of benzene rings is 1. The number of rotatable bonds is 14. The van der Waals surface area contributed by atoms with E-state index in [-0.39, 0.29) is 31.8 Å². The van der Waals surface area contributed by atoms with Gasteiger partial charge in [0.05, 0.1) is 19.1 Å². The first-order valence-corrected chi connectivity index (χ1v) is 14.4. The van der Waals surface area contributed by atoms with Gasteiger partial charge in [0.2, 0.25) is 18.6 Å². The number of nitrogens with zero attached hydrogens (tertiary/aromatic N) is 3. The summed E-state index contributed by atoms with van der Waals surface area (Å²) in [5.41, 5.74) is 1.31. The Morgan fingerprint density at radius 1 is 1.13 bits per heavy atom. The Bertz CT molecular complexity index is 1020. The quantitative estimate of drug-likeness (QED) is 0.366. The van der Waals surface area contributed by atoms with Gasteiger partial charge in [-0.25, -0.2) is 0 Å². The summed E-state index contributed by atoms with van der Waals surface area (Å²) in [7, 11) is 0. The molecule has 3 aliphatic rings. The summed E-state index contributed by atoms with van der Waals surface area (Å²) < 4.78 is 11.1. The molecule has 2 saturated heterocycles. The van der Waals surface area contributed by atoms with Crippen LogP contribution in [0.2, 0.25) is 0 Å². The molecule has 4 rings (SSSR count). The summed E-state index contributed by atoms with van der Waals surface area (Å²) in [5, 5.41) is 20.4. The average molecular weight is 546 g/mol. The maximum absolute atomic E-state index is 13.5. The number of likely N-dealkylation sites (tertiary alicyclic amines) is 2. The number of amides is 2. The number of aliphatic carboxylic acids is 1. The number of unbranched alkanes of at least 4 members (excludes halogenated alkanes) is 2. The van der Waals surface area contributed by atoms with Crippen molar-refractivity contribution >= 4 is 17.8 Å². The average Bonchev–Trinajstić information content (AvgIpc) is 3.65. The van der Waals surface area contributed by atoms with Crippen LogP contribution in [0.4, 0.5) is 0 Å². The van der Waals surface area contributed by atoms with Gasteiger partial charge in [-0.15, -0.1) is 0 Å². The van der Waals surface area contributed by atoms with Gasteiger partial charge < -0.3 is 29.5 Å². The van der Waals surface area contributed by atoms with Crippen LogP contribution in [0.3, 0.4) is 0 Å². The van der Waals surface area contributed by atoms with Gasteiger partial charge in [0, 0.05) is 56.7 Å². The summed E-state index contributed by atoms with van der Waals surface area (Å²) in [6, 6.07) is 3.20. The number of carboxylic acids is 1. The summed E-state index contributed by atoms with van der Waals surface area (Å²) in [5.74, 6) is -0.996. The molecule has 3 heterocycles. The first-order valence-electron chi connectivity index (χ1n) is 14.4. The van der Waals surface area contributed by atoms with E-state index < -0.39 is 23.8 Å². The van der Waals surface area contributed by atoms with Gasteiger partial charge in [0.15, 0.2) is 11.5 Å². The zero-order valence-corrected chi connectivity index (χ0v) is 23.3. The normalized spacial score (nSPS) is 22.6. The standard InChI is InChI=1S/C29H43N3O7/c1-3-5-10-30(11-6-4-2)26(35)17-32-16-22(20-14-21(18-33)28-24(15-20)38-19-39-28)27(29(36)37)23(32)9-13-31-12-7-8-25(31)34/h14-15,22-23,27,33H,3-13,16-19H2,1-2H3,(H,36,37)/t22-,23+,27-/m1/s1. The number of hydrogen-bond donors (Lipinski definition) is 2. The second-order valence-electron chi connectivity index (χ2n) is 10.9. The Balaban J connectivity index is 1.62.